The van der Waals surface area contributed by atoms with Gasteiger partial charge in [0.2, 0.25) is 0 Å². The Hall–Kier alpha value is -1.57. The molecule has 1 N–H and O–H groups in total. The predicted molar refractivity (Wildman–Crippen MR) is 98.5 cm³/mol. The number of aliphatic hydroxyl groups is 1. The van der Waals surface area contributed by atoms with Gasteiger partial charge in [0.25, 0.3) is 0 Å². The fraction of sp³-hybridized carbons (Fsp3) is 0.545. The average molecular weight is 328 g/mol. The second-order valence-electron chi connectivity index (χ2n) is 7.56. The van der Waals surface area contributed by atoms with Gasteiger partial charge >= 0.3 is 0 Å². The topological polar surface area (TPSA) is 20.2 Å². The van der Waals surface area contributed by atoms with Crippen LogP contribution < -0.4 is 0 Å². The van der Waals surface area contributed by atoms with Crippen LogP contribution in [0.2, 0.25) is 0 Å². The van der Waals surface area contributed by atoms with Gasteiger partial charge < -0.3 is 5.11 Å². The summed E-state index contributed by atoms with van der Waals surface area (Å²) in [5, 5.41) is 9.67. The van der Waals surface area contributed by atoms with Crippen molar-refractivity contribution < 1.29 is 9.50 Å². The highest BCUT2D eigenvalue weighted by Crippen LogP contribution is 2.38. The maximum Gasteiger partial charge on any atom is 0.0934 e. The summed E-state index contributed by atoms with van der Waals surface area (Å²) >= 11 is 0. The van der Waals surface area contributed by atoms with Gasteiger partial charge in [0.1, 0.15) is 0 Å². The van der Waals surface area contributed by atoms with Gasteiger partial charge in [-0.3, -0.25) is 4.39 Å². The molecule has 3 unspecified atom stereocenters. The molecular formula is C22H29FO. The Labute approximate surface area is 145 Å². The van der Waals surface area contributed by atoms with E-state index in [9.17, 15) is 9.50 Å². The minimum absolute atomic E-state index is 0.268. The van der Waals surface area contributed by atoms with Gasteiger partial charge in [0.05, 0.1) is 12.4 Å². The first-order valence-corrected chi connectivity index (χ1v) is 9.36. The summed E-state index contributed by atoms with van der Waals surface area (Å²) in [4.78, 5) is 0. The molecule has 24 heavy (non-hydrogen) atoms. The molecule has 130 valence electrons. The van der Waals surface area contributed by atoms with E-state index < -0.39 is 0 Å². The number of allylic oxidation sites excluding steroid dienone is 9. The van der Waals surface area contributed by atoms with E-state index in [1.54, 1.807) is 0 Å². The summed E-state index contributed by atoms with van der Waals surface area (Å²) in [5.74, 6) is 1.83. The van der Waals surface area contributed by atoms with Crippen molar-refractivity contribution in [2.24, 2.45) is 17.8 Å². The lowest BCUT2D eigenvalue weighted by Gasteiger charge is -2.28. The molecule has 3 aliphatic rings. The molecule has 3 atom stereocenters. The fourth-order valence-corrected chi connectivity index (χ4v) is 4.36. The highest BCUT2D eigenvalue weighted by molar-refractivity contribution is 5.39. The van der Waals surface area contributed by atoms with Crippen LogP contribution in [-0.2, 0) is 0 Å². The van der Waals surface area contributed by atoms with Gasteiger partial charge in [-0.1, -0.05) is 55.4 Å². The first kappa shape index (κ1) is 17.3. The van der Waals surface area contributed by atoms with Crippen molar-refractivity contribution >= 4 is 0 Å². The number of alkyl halides is 1. The Bertz CT molecular complexity index is 593. The molecule has 0 saturated heterocycles. The lowest BCUT2D eigenvalue weighted by molar-refractivity contribution is 0.228. The zero-order chi connectivity index (χ0) is 16.9. The van der Waals surface area contributed by atoms with Gasteiger partial charge in [0.15, 0.2) is 0 Å². The van der Waals surface area contributed by atoms with Crippen LogP contribution in [0.25, 0.3) is 0 Å². The second kappa shape index (κ2) is 8.00. The van der Waals surface area contributed by atoms with Crippen LogP contribution in [0.5, 0.6) is 0 Å². The standard InChI is InChI=1S/C22H29FO/c1-16(24)21-4-2-3-18(14-21)13-19-7-10-22(15-19)20-8-5-17(6-9-20)11-12-23/h5-6,8,10,15,18,20-21,24H,1-4,7,9,11-14H2. The van der Waals surface area contributed by atoms with Crippen LogP contribution in [-0.4, -0.2) is 11.8 Å². The maximum absolute atomic E-state index is 12.4. The number of hydrogen-bond donors (Lipinski definition) is 1. The van der Waals surface area contributed by atoms with Gasteiger partial charge in [-0.2, -0.15) is 0 Å². The van der Waals surface area contributed by atoms with Crippen LogP contribution in [0.15, 0.2) is 59.4 Å². The minimum Gasteiger partial charge on any atom is -0.513 e. The molecule has 0 aromatic rings. The number of halogens is 1. The Morgan fingerprint density at radius 3 is 2.88 bits per heavy atom. The van der Waals surface area contributed by atoms with Gasteiger partial charge in [-0.15, -0.1) is 0 Å². The molecule has 2 heteroatoms. The molecule has 0 spiro atoms. The number of aliphatic hydroxyl groups excluding tert-OH is 1. The van der Waals surface area contributed by atoms with Crippen LogP contribution >= 0.6 is 0 Å². The van der Waals surface area contributed by atoms with E-state index in [-0.39, 0.29) is 6.67 Å². The van der Waals surface area contributed by atoms with E-state index in [0.717, 1.165) is 37.7 Å². The molecule has 0 heterocycles. The highest BCUT2D eigenvalue weighted by Gasteiger charge is 2.25. The summed E-state index contributed by atoms with van der Waals surface area (Å²) in [7, 11) is 0. The van der Waals surface area contributed by atoms with Crippen molar-refractivity contribution in [3.63, 3.8) is 0 Å². The smallest absolute Gasteiger partial charge is 0.0934 e. The Kier molecular flexibility index (Phi) is 5.76. The molecule has 1 nitrogen and oxygen atoms in total. The van der Waals surface area contributed by atoms with Crippen molar-refractivity contribution in [3.05, 3.63) is 59.4 Å². The third-order valence-corrected chi connectivity index (χ3v) is 5.76. The van der Waals surface area contributed by atoms with E-state index in [1.165, 1.54) is 24.0 Å². The Balaban J connectivity index is 1.53. The number of hydrogen-bond acceptors (Lipinski definition) is 1. The molecule has 3 rings (SSSR count). The molecule has 0 bridgehead atoms. The third-order valence-electron chi connectivity index (χ3n) is 5.76. The molecule has 0 aromatic heterocycles. The zero-order valence-electron chi connectivity index (χ0n) is 14.5. The summed E-state index contributed by atoms with van der Waals surface area (Å²) in [6.45, 7) is 3.46. The van der Waals surface area contributed by atoms with E-state index in [2.05, 4.69) is 37.0 Å². The first-order chi connectivity index (χ1) is 11.7. The van der Waals surface area contributed by atoms with Crippen molar-refractivity contribution in [2.45, 2.75) is 51.4 Å². The number of rotatable bonds is 6. The molecule has 3 aliphatic carbocycles. The van der Waals surface area contributed by atoms with Crippen molar-refractivity contribution in [1.82, 2.24) is 0 Å². The largest absolute Gasteiger partial charge is 0.513 e. The normalized spacial score (nSPS) is 29.9. The summed E-state index contributed by atoms with van der Waals surface area (Å²) in [6, 6.07) is 0. The lowest BCUT2D eigenvalue weighted by atomic mass is 9.78. The maximum atomic E-state index is 12.4. The molecule has 1 fully saturated rings. The van der Waals surface area contributed by atoms with Crippen molar-refractivity contribution in [3.8, 4) is 0 Å². The second-order valence-corrected chi connectivity index (χ2v) is 7.56. The first-order valence-electron chi connectivity index (χ1n) is 9.36. The third kappa shape index (κ3) is 4.28. The quantitative estimate of drug-likeness (QED) is 0.561. The van der Waals surface area contributed by atoms with Gasteiger partial charge in [-0.05, 0) is 49.2 Å². The molecule has 0 aromatic carbocycles. The minimum atomic E-state index is -0.268. The summed E-state index contributed by atoms with van der Waals surface area (Å²) in [6.07, 6.45) is 19.7. The highest BCUT2D eigenvalue weighted by atomic mass is 19.1. The molecule has 0 amide bonds. The fourth-order valence-electron chi connectivity index (χ4n) is 4.36. The van der Waals surface area contributed by atoms with Gasteiger partial charge in [-0.25, -0.2) is 0 Å². The molecule has 0 radical (unpaired) electrons. The zero-order valence-corrected chi connectivity index (χ0v) is 14.5. The van der Waals surface area contributed by atoms with Crippen molar-refractivity contribution in [1.29, 1.82) is 0 Å². The van der Waals surface area contributed by atoms with Crippen LogP contribution in [0, 0.1) is 17.8 Å². The Morgan fingerprint density at radius 2 is 2.17 bits per heavy atom. The molecular weight excluding hydrogens is 299 g/mol. The molecule has 0 aliphatic heterocycles. The van der Waals surface area contributed by atoms with E-state index in [1.807, 2.05) is 0 Å². The van der Waals surface area contributed by atoms with Crippen molar-refractivity contribution in [2.75, 3.05) is 6.67 Å². The monoisotopic (exact) mass is 328 g/mol. The summed E-state index contributed by atoms with van der Waals surface area (Å²) < 4.78 is 12.4. The molecule has 1 saturated carbocycles. The van der Waals surface area contributed by atoms with E-state index in [0.29, 0.717) is 29.9 Å². The van der Waals surface area contributed by atoms with Crippen LogP contribution in [0.1, 0.15) is 51.4 Å². The van der Waals surface area contributed by atoms with E-state index in [4.69, 9.17) is 0 Å². The SMILES string of the molecule is C=C(O)C1CCCC(CC2=CC(C3C=CC(CCF)=CC3)=CC2)C1. The Morgan fingerprint density at radius 1 is 1.29 bits per heavy atom. The predicted octanol–water partition coefficient (Wildman–Crippen LogP) is 6.37. The average Bonchev–Trinajstić information content (AvgIpc) is 3.04. The summed E-state index contributed by atoms with van der Waals surface area (Å²) in [5.41, 5.74) is 4.09. The van der Waals surface area contributed by atoms with Crippen LogP contribution in [0.3, 0.4) is 0 Å². The lowest BCUT2D eigenvalue weighted by Crippen LogP contribution is -2.17. The van der Waals surface area contributed by atoms with E-state index >= 15 is 0 Å². The van der Waals surface area contributed by atoms with Crippen LogP contribution in [0.4, 0.5) is 4.39 Å². The van der Waals surface area contributed by atoms with Gasteiger partial charge in [0, 0.05) is 18.3 Å².